The number of carbonyl (C=O) groups excluding carboxylic acids is 1. The number of hydrogen-bond donors (Lipinski definition) is 2. The van der Waals surface area contributed by atoms with E-state index < -0.39 is 10.0 Å². The second-order valence-corrected chi connectivity index (χ2v) is 9.36. The van der Waals surface area contributed by atoms with Crippen molar-refractivity contribution in [2.24, 2.45) is 5.14 Å². The van der Waals surface area contributed by atoms with Crippen LogP contribution < -0.4 is 16.0 Å². The quantitative estimate of drug-likeness (QED) is 0.407. The van der Waals surface area contributed by atoms with Gasteiger partial charge in [0.25, 0.3) is 5.56 Å². The Morgan fingerprint density at radius 3 is 2.57 bits per heavy atom. The standard InChI is InChI=1S/C19H19ClN4O4S2/c1-2-9-24-18(26)15-8-3-12(20)10-16(15)23-19(24)29-11-17(25)22-13-4-6-14(7-5-13)30(21,27)28/h3-8,10H,2,9,11H2,1H3,(H,22,25)(H2,21,27,28). The number of nitrogens with zero attached hydrogens (tertiary/aromatic N) is 2. The summed E-state index contributed by atoms with van der Waals surface area (Å²) in [6.45, 7) is 2.42. The first kappa shape index (κ1) is 22.3. The number of primary sulfonamides is 1. The number of aromatic nitrogens is 2. The van der Waals surface area contributed by atoms with Crippen LogP contribution in [0.4, 0.5) is 5.69 Å². The Kier molecular flexibility index (Phi) is 6.81. The summed E-state index contributed by atoms with van der Waals surface area (Å²) >= 11 is 7.15. The smallest absolute Gasteiger partial charge is 0.262 e. The van der Waals surface area contributed by atoms with Gasteiger partial charge in [0, 0.05) is 17.3 Å². The van der Waals surface area contributed by atoms with Crippen molar-refractivity contribution in [2.45, 2.75) is 29.9 Å². The van der Waals surface area contributed by atoms with E-state index in [2.05, 4.69) is 10.3 Å². The molecule has 0 aliphatic heterocycles. The molecule has 0 unspecified atom stereocenters. The Morgan fingerprint density at radius 2 is 1.93 bits per heavy atom. The van der Waals surface area contributed by atoms with E-state index in [1.165, 1.54) is 24.3 Å². The molecule has 3 rings (SSSR count). The van der Waals surface area contributed by atoms with E-state index in [1.807, 2.05) is 6.92 Å². The predicted octanol–water partition coefficient (Wildman–Crippen LogP) is 2.84. The summed E-state index contributed by atoms with van der Waals surface area (Å²) in [6, 6.07) is 10.4. The normalized spacial score (nSPS) is 11.6. The molecule has 0 fully saturated rings. The largest absolute Gasteiger partial charge is 0.325 e. The Hall–Kier alpha value is -2.40. The van der Waals surface area contributed by atoms with Crippen molar-refractivity contribution in [3.8, 4) is 0 Å². The number of nitrogens with one attached hydrogen (secondary N) is 1. The summed E-state index contributed by atoms with van der Waals surface area (Å²) < 4.78 is 24.1. The highest BCUT2D eigenvalue weighted by molar-refractivity contribution is 7.99. The predicted molar refractivity (Wildman–Crippen MR) is 118 cm³/mol. The molecule has 1 heterocycles. The number of anilines is 1. The van der Waals surface area contributed by atoms with Gasteiger partial charge in [0.2, 0.25) is 15.9 Å². The van der Waals surface area contributed by atoms with Crippen molar-refractivity contribution >= 4 is 55.9 Å². The number of thioether (sulfide) groups is 1. The zero-order valence-corrected chi connectivity index (χ0v) is 18.4. The average Bonchev–Trinajstić information content (AvgIpc) is 2.68. The Balaban J connectivity index is 1.78. The molecule has 30 heavy (non-hydrogen) atoms. The van der Waals surface area contributed by atoms with Crippen molar-refractivity contribution in [2.75, 3.05) is 11.1 Å². The van der Waals surface area contributed by atoms with Gasteiger partial charge >= 0.3 is 0 Å². The minimum atomic E-state index is -3.80. The molecule has 0 aliphatic rings. The van der Waals surface area contributed by atoms with E-state index in [9.17, 15) is 18.0 Å². The molecule has 1 amide bonds. The topological polar surface area (TPSA) is 124 Å². The first-order chi connectivity index (χ1) is 14.2. The molecule has 158 valence electrons. The molecule has 11 heteroatoms. The van der Waals surface area contributed by atoms with E-state index in [0.29, 0.717) is 33.3 Å². The van der Waals surface area contributed by atoms with Gasteiger partial charge in [-0.15, -0.1) is 0 Å². The van der Waals surface area contributed by atoms with Crippen molar-refractivity contribution < 1.29 is 13.2 Å². The van der Waals surface area contributed by atoms with Crippen LogP contribution in [-0.2, 0) is 21.4 Å². The van der Waals surface area contributed by atoms with Crippen LogP contribution in [-0.4, -0.2) is 29.6 Å². The van der Waals surface area contributed by atoms with Gasteiger partial charge in [-0.05, 0) is 48.9 Å². The monoisotopic (exact) mass is 466 g/mol. The highest BCUT2D eigenvalue weighted by Crippen LogP contribution is 2.21. The van der Waals surface area contributed by atoms with Gasteiger partial charge in [-0.2, -0.15) is 0 Å². The van der Waals surface area contributed by atoms with Crippen LogP contribution in [0, 0.1) is 0 Å². The second kappa shape index (κ2) is 9.17. The zero-order valence-electron chi connectivity index (χ0n) is 16.0. The van der Waals surface area contributed by atoms with Crippen molar-refractivity contribution in [1.29, 1.82) is 0 Å². The summed E-state index contributed by atoms with van der Waals surface area (Å²) in [5, 5.41) is 9.10. The summed E-state index contributed by atoms with van der Waals surface area (Å²) in [5.74, 6) is -0.314. The molecule has 0 bridgehead atoms. The summed E-state index contributed by atoms with van der Waals surface area (Å²) in [6.07, 6.45) is 0.733. The molecule has 0 saturated carbocycles. The lowest BCUT2D eigenvalue weighted by molar-refractivity contribution is -0.113. The second-order valence-electron chi connectivity index (χ2n) is 6.42. The molecule has 2 aromatic carbocycles. The van der Waals surface area contributed by atoms with Gasteiger partial charge in [0.15, 0.2) is 5.16 Å². The van der Waals surface area contributed by atoms with Crippen LogP contribution in [0.1, 0.15) is 13.3 Å². The first-order valence-corrected chi connectivity index (χ1v) is 11.9. The maximum atomic E-state index is 12.8. The van der Waals surface area contributed by atoms with E-state index >= 15 is 0 Å². The molecule has 3 aromatic rings. The SMILES string of the molecule is CCCn1c(SCC(=O)Nc2ccc(S(N)(=O)=O)cc2)nc2cc(Cl)ccc2c1=O. The average molecular weight is 467 g/mol. The third kappa shape index (κ3) is 5.20. The maximum Gasteiger partial charge on any atom is 0.262 e. The van der Waals surface area contributed by atoms with Gasteiger partial charge < -0.3 is 5.32 Å². The number of nitrogens with two attached hydrogens (primary N) is 1. The fourth-order valence-electron chi connectivity index (χ4n) is 2.76. The lowest BCUT2D eigenvalue weighted by Gasteiger charge is -2.12. The van der Waals surface area contributed by atoms with Gasteiger partial charge in [-0.3, -0.25) is 14.2 Å². The number of rotatable bonds is 7. The van der Waals surface area contributed by atoms with Gasteiger partial charge in [-0.25, -0.2) is 18.5 Å². The summed E-state index contributed by atoms with van der Waals surface area (Å²) in [4.78, 5) is 29.6. The summed E-state index contributed by atoms with van der Waals surface area (Å²) in [5.41, 5.74) is 0.721. The molecule has 0 atom stereocenters. The van der Waals surface area contributed by atoms with E-state index in [4.69, 9.17) is 16.7 Å². The number of benzene rings is 2. The lowest BCUT2D eigenvalue weighted by Crippen LogP contribution is -2.24. The van der Waals surface area contributed by atoms with Gasteiger partial charge in [0.1, 0.15) is 0 Å². The number of halogens is 1. The lowest BCUT2D eigenvalue weighted by atomic mass is 10.2. The van der Waals surface area contributed by atoms with Crippen molar-refractivity contribution in [3.05, 3.63) is 57.8 Å². The highest BCUT2D eigenvalue weighted by Gasteiger charge is 2.14. The van der Waals surface area contributed by atoms with Crippen molar-refractivity contribution in [3.63, 3.8) is 0 Å². The van der Waals surface area contributed by atoms with Crippen LogP contribution >= 0.6 is 23.4 Å². The number of amides is 1. The van der Waals surface area contributed by atoms with Crippen LogP contribution in [0.15, 0.2) is 57.3 Å². The zero-order chi connectivity index (χ0) is 21.9. The van der Waals surface area contributed by atoms with Gasteiger partial charge in [0.05, 0.1) is 21.6 Å². The van der Waals surface area contributed by atoms with Gasteiger partial charge in [-0.1, -0.05) is 30.3 Å². The van der Waals surface area contributed by atoms with E-state index in [0.717, 1.165) is 18.2 Å². The fraction of sp³-hybridized carbons (Fsp3) is 0.211. The molecule has 0 radical (unpaired) electrons. The first-order valence-electron chi connectivity index (χ1n) is 8.94. The Morgan fingerprint density at radius 1 is 1.23 bits per heavy atom. The molecule has 8 nitrogen and oxygen atoms in total. The maximum absolute atomic E-state index is 12.8. The minimum absolute atomic E-state index is 0.0131. The molecular formula is C19H19ClN4O4S2. The number of sulfonamides is 1. The van der Waals surface area contributed by atoms with E-state index in [-0.39, 0.29) is 22.1 Å². The number of hydrogen-bond acceptors (Lipinski definition) is 6. The third-order valence-electron chi connectivity index (χ3n) is 4.13. The number of carbonyl (C=O) groups is 1. The molecule has 0 aliphatic carbocycles. The summed E-state index contributed by atoms with van der Waals surface area (Å²) in [7, 11) is -3.80. The van der Waals surface area contributed by atoms with Crippen molar-refractivity contribution in [1.82, 2.24) is 9.55 Å². The molecular weight excluding hydrogens is 448 g/mol. The minimum Gasteiger partial charge on any atom is -0.325 e. The van der Waals surface area contributed by atoms with Crippen LogP contribution in [0.3, 0.4) is 0 Å². The fourth-order valence-corrected chi connectivity index (χ4v) is 4.27. The molecule has 0 saturated heterocycles. The molecule has 0 spiro atoms. The van der Waals surface area contributed by atoms with Crippen LogP contribution in [0.25, 0.3) is 10.9 Å². The Labute approximate surface area is 182 Å². The molecule has 1 aromatic heterocycles. The van der Waals surface area contributed by atoms with Crippen LogP contribution in [0.5, 0.6) is 0 Å². The highest BCUT2D eigenvalue weighted by atomic mass is 35.5. The molecule has 3 N–H and O–H groups in total. The van der Waals surface area contributed by atoms with E-state index in [1.54, 1.807) is 22.8 Å². The number of fused-ring (bicyclic) bond motifs is 1. The van der Waals surface area contributed by atoms with Crippen LogP contribution in [0.2, 0.25) is 5.02 Å². The third-order valence-corrected chi connectivity index (χ3v) is 6.27. The Bertz CT molecular complexity index is 1260.